The van der Waals surface area contributed by atoms with Crippen LogP contribution in [0.2, 0.25) is 0 Å². The number of ether oxygens (including phenoxy) is 3. The molecule has 1 amide bonds. The van der Waals surface area contributed by atoms with Crippen LogP contribution >= 0.6 is 0 Å². The number of carbonyl (C=O) groups is 3. The molecule has 1 heterocycles. The van der Waals surface area contributed by atoms with Gasteiger partial charge in [-0.1, -0.05) is 12.1 Å². The van der Waals surface area contributed by atoms with E-state index in [9.17, 15) is 18.8 Å². The first kappa shape index (κ1) is 25.2. The highest BCUT2D eigenvalue weighted by Crippen LogP contribution is 2.21. The summed E-state index contributed by atoms with van der Waals surface area (Å²) in [5, 5.41) is 0. The number of methoxy groups -OCH3 is 2. The van der Waals surface area contributed by atoms with Crippen LogP contribution in [0.5, 0.6) is 5.75 Å². The Balaban J connectivity index is 1.64. The van der Waals surface area contributed by atoms with Crippen molar-refractivity contribution < 1.29 is 33.0 Å². The molecular formula is C25H29FN2O6. The summed E-state index contributed by atoms with van der Waals surface area (Å²) in [5.74, 6) is -1.56. The minimum atomic E-state index is -0.637. The van der Waals surface area contributed by atoms with Gasteiger partial charge in [-0.05, 0) is 49.7 Å². The second kappa shape index (κ2) is 11.1. The molecule has 34 heavy (non-hydrogen) atoms. The highest BCUT2D eigenvalue weighted by molar-refractivity contribution is 5.96. The van der Waals surface area contributed by atoms with E-state index in [1.807, 2.05) is 13.8 Å². The normalized spacial score (nSPS) is 18.3. The number of piperazine rings is 1. The summed E-state index contributed by atoms with van der Waals surface area (Å²) in [6.45, 7) is 5.60. The second-order valence-corrected chi connectivity index (χ2v) is 8.32. The van der Waals surface area contributed by atoms with Gasteiger partial charge in [0.15, 0.2) is 6.61 Å². The van der Waals surface area contributed by atoms with Crippen LogP contribution in [-0.2, 0) is 20.8 Å². The first-order valence-corrected chi connectivity index (χ1v) is 10.9. The Labute approximate surface area is 198 Å². The SMILES string of the molecule is COC(=O)c1cc(OCC(=O)N2C[C@@H](C)N(Cc3ccc(F)cc3)C[C@@H]2C)cc(C(=O)OC)c1. The van der Waals surface area contributed by atoms with Crippen molar-refractivity contribution in [2.24, 2.45) is 0 Å². The largest absolute Gasteiger partial charge is 0.484 e. The summed E-state index contributed by atoms with van der Waals surface area (Å²) in [7, 11) is 2.46. The maximum atomic E-state index is 13.2. The van der Waals surface area contributed by atoms with Crippen LogP contribution in [0.25, 0.3) is 0 Å². The Morgan fingerprint density at radius 2 is 1.50 bits per heavy atom. The minimum absolute atomic E-state index is 0.0558. The molecule has 0 radical (unpaired) electrons. The third-order valence-electron chi connectivity index (χ3n) is 5.85. The number of benzene rings is 2. The Morgan fingerprint density at radius 3 is 2.06 bits per heavy atom. The fraction of sp³-hybridized carbons (Fsp3) is 0.400. The van der Waals surface area contributed by atoms with Gasteiger partial charge in [0, 0.05) is 31.7 Å². The Kier molecular flexibility index (Phi) is 8.22. The molecule has 2 aromatic rings. The van der Waals surface area contributed by atoms with Crippen molar-refractivity contribution in [2.75, 3.05) is 33.9 Å². The Hall–Kier alpha value is -3.46. The fourth-order valence-electron chi connectivity index (χ4n) is 3.97. The van der Waals surface area contributed by atoms with Crippen LogP contribution < -0.4 is 4.74 Å². The van der Waals surface area contributed by atoms with Crippen LogP contribution in [0.4, 0.5) is 4.39 Å². The first-order chi connectivity index (χ1) is 16.2. The summed E-state index contributed by atoms with van der Waals surface area (Å²) in [6.07, 6.45) is 0. The van der Waals surface area contributed by atoms with Gasteiger partial charge in [0.2, 0.25) is 0 Å². The third-order valence-corrected chi connectivity index (χ3v) is 5.85. The topological polar surface area (TPSA) is 85.4 Å². The van der Waals surface area contributed by atoms with E-state index in [1.54, 1.807) is 17.0 Å². The molecule has 8 nitrogen and oxygen atoms in total. The van der Waals surface area contributed by atoms with Crippen molar-refractivity contribution in [2.45, 2.75) is 32.5 Å². The van der Waals surface area contributed by atoms with Crippen molar-refractivity contribution in [1.29, 1.82) is 0 Å². The maximum Gasteiger partial charge on any atom is 0.338 e. The first-order valence-electron chi connectivity index (χ1n) is 10.9. The summed E-state index contributed by atoms with van der Waals surface area (Å²) < 4.78 is 28.3. The quantitative estimate of drug-likeness (QED) is 0.573. The van der Waals surface area contributed by atoms with E-state index in [2.05, 4.69) is 4.90 Å². The van der Waals surface area contributed by atoms with E-state index in [1.165, 1.54) is 44.6 Å². The van der Waals surface area contributed by atoms with Gasteiger partial charge in [0.05, 0.1) is 25.3 Å². The molecular weight excluding hydrogens is 443 g/mol. The summed E-state index contributed by atoms with van der Waals surface area (Å²) in [4.78, 5) is 40.8. The van der Waals surface area contributed by atoms with E-state index in [4.69, 9.17) is 14.2 Å². The second-order valence-electron chi connectivity index (χ2n) is 8.32. The number of esters is 2. The Bertz CT molecular complexity index is 1010. The van der Waals surface area contributed by atoms with Gasteiger partial charge in [-0.3, -0.25) is 9.69 Å². The number of rotatable bonds is 7. The molecule has 0 N–H and O–H groups in total. The lowest BCUT2D eigenvalue weighted by atomic mass is 10.1. The molecule has 0 aliphatic carbocycles. The highest BCUT2D eigenvalue weighted by atomic mass is 19.1. The van der Waals surface area contributed by atoms with Crippen LogP contribution in [0.15, 0.2) is 42.5 Å². The zero-order valence-electron chi connectivity index (χ0n) is 19.7. The number of amides is 1. The van der Waals surface area contributed by atoms with Crippen molar-refractivity contribution in [1.82, 2.24) is 9.80 Å². The lowest BCUT2D eigenvalue weighted by Gasteiger charge is -2.44. The molecule has 9 heteroatoms. The molecule has 0 spiro atoms. The van der Waals surface area contributed by atoms with Crippen molar-refractivity contribution in [3.8, 4) is 5.75 Å². The van der Waals surface area contributed by atoms with Crippen molar-refractivity contribution >= 4 is 17.8 Å². The summed E-state index contributed by atoms with van der Waals surface area (Å²) >= 11 is 0. The van der Waals surface area contributed by atoms with Gasteiger partial charge in [0.1, 0.15) is 11.6 Å². The Morgan fingerprint density at radius 1 is 0.912 bits per heavy atom. The van der Waals surface area contributed by atoms with Crippen molar-refractivity contribution in [3.63, 3.8) is 0 Å². The molecule has 1 saturated heterocycles. The minimum Gasteiger partial charge on any atom is -0.484 e. The fourth-order valence-corrected chi connectivity index (χ4v) is 3.97. The number of hydrogen-bond acceptors (Lipinski definition) is 7. The molecule has 1 aliphatic rings. The monoisotopic (exact) mass is 472 g/mol. The summed E-state index contributed by atoms with van der Waals surface area (Å²) in [5.41, 5.74) is 1.24. The molecule has 1 aliphatic heterocycles. The van der Waals surface area contributed by atoms with E-state index >= 15 is 0 Å². The number of nitrogens with zero attached hydrogens (tertiary/aromatic N) is 2. The standard InChI is InChI=1S/C25H29FN2O6/c1-16-13-28(17(2)12-27(16)14-18-5-7-21(26)8-6-18)23(29)15-34-22-10-19(24(30)32-3)9-20(11-22)25(31)33-4/h5-11,16-17H,12-15H2,1-4H3/t16-,17+/m1/s1. The number of carbonyl (C=O) groups excluding carboxylic acids is 3. The van der Waals surface area contributed by atoms with Crippen LogP contribution in [0.1, 0.15) is 40.1 Å². The predicted octanol–water partition coefficient (Wildman–Crippen LogP) is 2.90. The van der Waals surface area contributed by atoms with E-state index in [-0.39, 0.29) is 47.3 Å². The van der Waals surface area contributed by atoms with Crippen LogP contribution in [-0.4, -0.2) is 73.6 Å². The smallest absolute Gasteiger partial charge is 0.338 e. The van der Waals surface area contributed by atoms with Gasteiger partial charge < -0.3 is 19.1 Å². The van der Waals surface area contributed by atoms with Gasteiger partial charge in [0.25, 0.3) is 5.91 Å². The molecule has 0 unspecified atom stereocenters. The van der Waals surface area contributed by atoms with Crippen LogP contribution in [0.3, 0.4) is 0 Å². The third kappa shape index (κ3) is 6.11. The van der Waals surface area contributed by atoms with E-state index in [0.717, 1.165) is 5.56 Å². The number of hydrogen-bond donors (Lipinski definition) is 0. The maximum absolute atomic E-state index is 13.2. The lowest BCUT2D eigenvalue weighted by Crippen LogP contribution is -2.58. The molecule has 3 rings (SSSR count). The highest BCUT2D eigenvalue weighted by Gasteiger charge is 2.32. The predicted molar refractivity (Wildman–Crippen MR) is 122 cm³/mol. The van der Waals surface area contributed by atoms with Gasteiger partial charge >= 0.3 is 11.9 Å². The average Bonchev–Trinajstić information content (AvgIpc) is 2.84. The molecule has 2 atom stereocenters. The summed E-state index contributed by atoms with van der Waals surface area (Å²) in [6, 6.07) is 10.6. The van der Waals surface area contributed by atoms with Gasteiger partial charge in [-0.25, -0.2) is 14.0 Å². The molecule has 2 aromatic carbocycles. The molecule has 182 valence electrons. The lowest BCUT2D eigenvalue weighted by molar-refractivity contribution is -0.139. The van der Waals surface area contributed by atoms with E-state index in [0.29, 0.717) is 19.6 Å². The molecule has 0 bridgehead atoms. The average molecular weight is 473 g/mol. The zero-order chi connectivity index (χ0) is 24.8. The van der Waals surface area contributed by atoms with Gasteiger partial charge in [-0.15, -0.1) is 0 Å². The number of halogens is 1. The zero-order valence-corrected chi connectivity index (χ0v) is 19.7. The molecule has 1 fully saturated rings. The molecule has 0 saturated carbocycles. The van der Waals surface area contributed by atoms with Crippen molar-refractivity contribution in [3.05, 3.63) is 65.0 Å². The van der Waals surface area contributed by atoms with Gasteiger partial charge in [-0.2, -0.15) is 0 Å². The van der Waals surface area contributed by atoms with Crippen LogP contribution in [0, 0.1) is 5.82 Å². The van der Waals surface area contributed by atoms with E-state index < -0.39 is 11.9 Å². The molecule has 0 aromatic heterocycles.